The molecular weight excluding hydrogens is 336 g/mol. The van der Waals surface area contributed by atoms with Gasteiger partial charge in [0.1, 0.15) is 11.5 Å². The van der Waals surface area contributed by atoms with Crippen molar-refractivity contribution in [1.82, 2.24) is 0 Å². The highest BCUT2D eigenvalue weighted by Gasteiger charge is 2.15. The number of rotatable bonds is 7. The van der Waals surface area contributed by atoms with Gasteiger partial charge < -0.3 is 9.47 Å². The zero-order valence-corrected chi connectivity index (χ0v) is 16.0. The van der Waals surface area contributed by atoms with Crippen molar-refractivity contribution in [2.24, 2.45) is 0 Å². The molecule has 142 valence electrons. The normalized spacial score (nSPS) is 15.0. The fourth-order valence-electron chi connectivity index (χ4n) is 3.45. The van der Waals surface area contributed by atoms with E-state index in [-0.39, 0.29) is 5.97 Å². The summed E-state index contributed by atoms with van der Waals surface area (Å²) in [5, 5.41) is 0. The first-order valence-electron chi connectivity index (χ1n) is 9.97. The van der Waals surface area contributed by atoms with E-state index < -0.39 is 0 Å². The molecule has 0 spiro atoms. The van der Waals surface area contributed by atoms with Gasteiger partial charge in [-0.05, 0) is 66.6 Å². The zero-order valence-electron chi connectivity index (χ0n) is 16.0. The molecule has 0 heterocycles. The summed E-state index contributed by atoms with van der Waals surface area (Å²) in [6, 6.07) is 15.6. The van der Waals surface area contributed by atoms with Gasteiger partial charge in [-0.1, -0.05) is 50.5 Å². The first kappa shape index (κ1) is 19.2. The number of esters is 1. The fraction of sp³-hybridized carbons (Fsp3) is 0.375. The second-order valence-corrected chi connectivity index (χ2v) is 7.08. The van der Waals surface area contributed by atoms with E-state index in [2.05, 4.69) is 19.1 Å². The number of carbonyl (C=O) groups is 1. The third kappa shape index (κ3) is 5.99. The van der Waals surface area contributed by atoms with Crippen molar-refractivity contribution in [1.29, 1.82) is 0 Å². The minimum Gasteiger partial charge on any atom is -0.494 e. The van der Waals surface area contributed by atoms with Crippen LogP contribution in [-0.4, -0.2) is 12.6 Å². The van der Waals surface area contributed by atoms with Gasteiger partial charge in [0.15, 0.2) is 0 Å². The van der Waals surface area contributed by atoms with Crippen molar-refractivity contribution < 1.29 is 14.3 Å². The molecule has 0 radical (unpaired) electrons. The topological polar surface area (TPSA) is 35.5 Å². The average molecular weight is 364 g/mol. The van der Waals surface area contributed by atoms with Crippen LogP contribution in [0.5, 0.6) is 11.5 Å². The number of ether oxygens (including phenoxy) is 2. The molecule has 0 bridgehead atoms. The second kappa shape index (κ2) is 9.96. The van der Waals surface area contributed by atoms with E-state index in [0.29, 0.717) is 18.3 Å². The molecule has 0 N–H and O–H groups in total. The summed E-state index contributed by atoms with van der Waals surface area (Å²) in [4.78, 5) is 12.0. The Morgan fingerprint density at radius 1 is 0.963 bits per heavy atom. The summed E-state index contributed by atoms with van der Waals surface area (Å²) in [5.41, 5.74) is 2.29. The molecule has 1 aliphatic rings. The quantitative estimate of drug-likeness (QED) is 0.336. The zero-order chi connectivity index (χ0) is 18.9. The molecule has 0 amide bonds. The molecule has 3 nitrogen and oxygen atoms in total. The van der Waals surface area contributed by atoms with Crippen LogP contribution in [0.25, 0.3) is 6.08 Å². The molecular formula is C24H28O3. The van der Waals surface area contributed by atoms with Crippen LogP contribution in [0.15, 0.2) is 54.6 Å². The van der Waals surface area contributed by atoms with Crippen LogP contribution in [0.3, 0.4) is 0 Å². The summed E-state index contributed by atoms with van der Waals surface area (Å²) in [5.74, 6) is 1.72. The van der Waals surface area contributed by atoms with Crippen LogP contribution in [0, 0.1) is 0 Å². The Bertz CT molecular complexity index is 738. The Hall–Kier alpha value is -2.55. The van der Waals surface area contributed by atoms with E-state index in [1.165, 1.54) is 43.7 Å². The van der Waals surface area contributed by atoms with Crippen LogP contribution in [-0.2, 0) is 4.79 Å². The van der Waals surface area contributed by atoms with E-state index in [1.807, 2.05) is 36.4 Å². The second-order valence-electron chi connectivity index (χ2n) is 7.08. The van der Waals surface area contributed by atoms with Crippen LogP contribution in [0.4, 0.5) is 0 Å². The maximum absolute atomic E-state index is 12.0. The van der Waals surface area contributed by atoms with Gasteiger partial charge in [0, 0.05) is 6.08 Å². The molecule has 0 aromatic heterocycles. The molecule has 1 fully saturated rings. The van der Waals surface area contributed by atoms with E-state index in [4.69, 9.17) is 9.47 Å². The molecule has 0 unspecified atom stereocenters. The van der Waals surface area contributed by atoms with E-state index >= 15 is 0 Å². The van der Waals surface area contributed by atoms with Gasteiger partial charge in [-0.25, -0.2) is 4.79 Å². The summed E-state index contributed by atoms with van der Waals surface area (Å²) in [6.07, 6.45) is 10.7. The van der Waals surface area contributed by atoms with Crippen LogP contribution < -0.4 is 9.47 Å². The lowest BCUT2D eigenvalue weighted by Crippen LogP contribution is -2.06. The van der Waals surface area contributed by atoms with Crippen molar-refractivity contribution in [3.63, 3.8) is 0 Å². The van der Waals surface area contributed by atoms with Gasteiger partial charge >= 0.3 is 5.97 Å². The molecule has 2 aromatic rings. The molecule has 0 aliphatic heterocycles. The van der Waals surface area contributed by atoms with E-state index in [9.17, 15) is 4.79 Å². The van der Waals surface area contributed by atoms with E-state index in [0.717, 1.165) is 17.7 Å². The van der Waals surface area contributed by atoms with Crippen LogP contribution in [0.1, 0.15) is 62.5 Å². The monoisotopic (exact) mass is 364 g/mol. The van der Waals surface area contributed by atoms with Crippen LogP contribution in [0.2, 0.25) is 0 Å². The summed E-state index contributed by atoms with van der Waals surface area (Å²) in [7, 11) is 0. The molecule has 1 saturated carbocycles. The SMILES string of the molecule is CCCOc1ccc(C=CC(=O)Oc2ccc(C3CCCCC3)cc2)cc1. The lowest BCUT2D eigenvalue weighted by atomic mass is 9.84. The Kier molecular flexibility index (Phi) is 7.09. The van der Waals surface area contributed by atoms with Gasteiger partial charge in [-0.2, -0.15) is 0 Å². The first-order valence-corrected chi connectivity index (χ1v) is 9.97. The summed E-state index contributed by atoms with van der Waals surface area (Å²) >= 11 is 0. The minimum atomic E-state index is -0.369. The molecule has 1 aliphatic carbocycles. The van der Waals surface area contributed by atoms with E-state index in [1.54, 1.807) is 6.08 Å². The van der Waals surface area contributed by atoms with Crippen molar-refractivity contribution >= 4 is 12.0 Å². The lowest BCUT2D eigenvalue weighted by molar-refractivity contribution is -0.128. The largest absolute Gasteiger partial charge is 0.494 e. The predicted octanol–water partition coefficient (Wildman–Crippen LogP) is 6.14. The maximum Gasteiger partial charge on any atom is 0.336 e. The molecule has 27 heavy (non-hydrogen) atoms. The van der Waals surface area contributed by atoms with Crippen molar-refractivity contribution in [3.05, 3.63) is 65.7 Å². The van der Waals surface area contributed by atoms with Gasteiger partial charge in [-0.3, -0.25) is 0 Å². The lowest BCUT2D eigenvalue weighted by Gasteiger charge is -2.21. The fourth-order valence-corrected chi connectivity index (χ4v) is 3.45. The standard InChI is InChI=1S/C24H28O3/c1-2-18-26-22-13-8-19(9-14-22)10-17-24(25)27-23-15-11-21(12-16-23)20-6-4-3-5-7-20/h8-17,20H,2-7,18H2,1H3. The van der Waals surface area contributed by atoms with Crippen molar-refractivity contribution in [2.75, 3.05) is 6.61 Å². The highest BCUT2D eigenvalue weighted by molar-refractivity contribution is 5.88. The number of hydrogen-bond donors (Lipinski definition) is 0. The molecule has 0 saturated heterocycles. The third-order valence-electron chi connectivity index (χ3n) is 4.94. The Morgan fingerprint density at radius 2 is 1.63 bits per heavy atom. The summed E-state index contributed by atoms with van der Waals surface area (Å²) < 4.78 is 11.0. The van der Waals surface area contributed by atoms with Gasteiger partial charge in [-0.15, -0.1) is 0 Å². The molecule has 3 heteroatoms. The van der Waals surface area contributed by atoms with Crippen molar-refractivity contribution in [3.8, 4) is 11.5 Å². The Balaban J connectivity index is 1.51. The molecule has 2 aromatic carbocycles. The third-order valence-corrected chi connectivity index (χ3v) is 4.94. The summed E-state index contributed by atoms with van der Waals surface area (Å²) in [6.45, 7) is 2.79. The minimum absolute atomic E-state index is 0.369. The Morgan fingerprint density at radius 3 is 2.30 bits per heavy atom. The molecule has 3 rings (SSSR count). The molecule has 0 atom stereocenters. The average Bonchev–Trinajstić information content (AvgIpc) is 2.73. The number of carbonyl (C=O) groups excluding carboxylic acids is 1. The number of benzene rings is 2. The smallest absolute Gasteiger partial charge is 0.336 e. The highest BCUT2D eigenvalue weighted by atomic mass is 16.5. The highest BCUT2D eigenvalue weighted by Crippen LogP contribution is 2.33. The van der Waals surface area contributed by atoms with Gasteiger partial charge in [0.25, 0.3) is 0 Å². The van der Waals surface area contributed by atoms with Gasteiger partial charge in [0.2, 0.25) is 0 Å². The first-order chi connectivity index (χ1) is 13.2. The van der Waals surface area contributed by atoms with Crippen molar-refractivity contribution in [2.45, 2.75) is 51.4 Å². The maximum atomic E-state index is 12.0. The van der Waals surface area contributed by atoms with Gasteiger partial charge in [0.05, 0.1) is 6.61 Å². The van der Waals surface area contributed by atoms with Crippen LogP contribution >= 0.6 is 0 Å². The predicted molar refractivity (Wildman–Crippen MR) is 109 cm³/mol. The Labute approximate surface area is 162 Å². The number of hydrogen-bond acceptors (Lipinski definition) is 3.